The van der Waals surface area contributed by atoms with Crippen molar-refractivity contribution in [3.05, 3.63) is 63.8 Å². The van der Waals surface area contributed by atoms with Crippen LogP contribution in [0, 0.1) is 10.1 Å². The SMILES string of the molecule is O=[N+]([O-])c1ncccc1NCc1ccc(CO)cc1. The van der Waals surface area contributed by atoms with Gasteiger partial charge in [-0.15, -0.1) is 0 Å². The van der Waals surface area contributed by atoms with Crippen LogP contribution >= 0.6 is 0 Å². The summed E-state index contributed by atoms with van der Waals surface area (Å²) in [4.78, 5) is 14.0. The number of hydrogen-bond donors (Lipinski definition) is 2. The minimum Gasteiger partial charge on any atom is -0.392 e. The monoisotopic (exact) mass is 259 g/mol. The highest BCUT2D eigenvalue weighted by atomic mass is 16.6. The van der Waals surface area contributed by atoms with Crippen LogP contribution in [-0.4, -0.2) is 15.0 Å². The van der Waals surface area contributed by atoms with Crippen LogP contribution in [0.2, 0.25) is 0 Å². The van der Waals surface area contributed by atoms with Crippen LogP contribution in [0.4, 0.5) is 11.5 Å². The van der Waals surface area contributed by atoms with Crippen molar-refractivity contribution in [3.8, 4) is 0 Å². The van der Waals surface area contributed by atoms with E-state index in [1.54, 1.807) is 12.1 Å². The molecule has 2 rings (SSSR count). The molecule has 6 heteroatoms. The topological polar surface area (TPSA) is 88.3 Å². The summed E-state index contributed by atoms with van der Waals surface area (Å²) in [7, 11) is 0. The van der Waals surface area contributed by atoms with E-state index >= 15 is 0 Å². The number of aromatic nitrogens is 1. The normalized spacial score (nSPS) is 10.2. The molecule has 0 fully saturated rings. The van der Waals surface area contributed by atoms with Gasteiger partial charge in [-0.05, 0) is 33.2 Å². The first-order valence-electron chi connectivity index (χ1n) is 5.72. The minimum atomic E-state index is -0.517. The Labute approximate surface area is 109 Å². The number of nitro groups is 1. The van der Waals surface area contributed by atoms with Crippen molar-refractivity contribution < 1.29 is 10.0 Å². The van der Waals surface area contributed by atoms with E-state index in [4.69, 9.17) is 5.11 Å². The van der Waals surface area contributed by atoms with E-state index in [1.165, 1.54) is 6.20 Å². The van der Waals surface area contributed by atoms with E-state index < -0.39 is 4.92 Å². The molecule has 19 heavy (non-hydrogen) atoms. The zero-order valence-electron chi connectivity index (χ0n) is 10.1. The van der Waals surface area contributed by atoms with E-state index in [-0.39, 0.29) is 12.4 Å². The summed E-state index contributed by atoms with van der Waals surface area (Å²) in [6.45, 7) is 0.458. The third-order valence-corrected chi connectivity index (χ3v) is 2.65. The highest BCUT2D eigenvalue weighted by Crippen LogP contribution is 2.20. The number of aliphatic hydroxyl groups is 1. The molecular formula is C13H13N3O3. The molecule has 1 heterocycles. The van der Waals surface area contributed by atoms with Crippen molar-refractivity contribution in [2.24, 2.45) is 0 Å². The lowest BCUT2D eigenvalue weighted by molar-refractivity contribution is -0.388. The van der Waals surface area contributed by atoms with Gasteiger partial charge in [-0.1, -0.05) is 24.3 Å². The highest BCUT2D eigenvalue weighted by Gasteiger charge is 2.13. The fourth-order valence-electron chi connectivity index (χ4n) is 1.64. The summed E-state index contributed by atoms with van der Waals surface area (Å²) >= 11 is 0. The Morgan fingerprint density at radius 3 is 2.53 bits per heavy atom. The molecule has 6 nitrogen and oxygen atoms in total. The highest BCUT2D eigenvalue weighted by molar-refractivity contribution is 5.56. The van der Waals surface area contributed by atoms with Gasteiger partial charge in [-0.3, -0.25) is 0 Å². The molecule has 0 aliphatic rings. The second-order valence-corrected chi connectivity index (χ2v) is 3.96. The Kier molecular flexibility index (Phi) is 4.04. The second kappa shape index (κ2) is 5.92. The molecule has 0 atom stereocenters. The third kappa shape index (κ3) is 3.26. The van der Waals surface area contributed by atoms with E-state index in [0.717, 1.165) is 11.1 Å². The van der Waals surface area contributed by atoms with Crippen LogP contribution in [0.3, 0.4) is 0 Å². The first-order chi connectivity index (χ1) is 9.20. The van der Waals surface area contributed by atoms with Gasteiger partial charge in [0.15, 0.2) is 0 Å². The fraction of sp³-hybridized carbons (Fsp3) is 0.154. The Morgan fingerprint density at radius 1 is 1.21 bits per heavy atom. The average molecular weight is 259 g/mol. The fourth-order valence-corrected chi connectivity index (χ4v) is 1.64. The molecule has 98 valence electrons. The Bertz CT molecular complexity index is 570. The van der Waals surface area contributed by atoms with Gasteiger partial charge in [0.1, 0.15) is 11.9 Å². The molecule has 2 N–H and O–H groups in total. The van der Waals surface area contributed by atoms with E-state index in [2.05, 4.69) is 10.3 Å². The quantitative estimate of drug-likeness (QED) is 0.634. The molecule has 0 saturated carbocycles. The van der Waals surface area contributed by atoms with Crippen molar-refractivity contribution in [1.29, 1.82) is 0 Å². The lowest BCUT2D eigenvalue weighted by atomic mass is 10.1. The molecule has 0 bridgehead atoms. The van der Waals surface area contributed by atoms with Gasteiger partial charge in [0.05, 0.1) is 6.61 Å². The summed E-state index contributed by atoms with van der Waals surface area (Å²) in [5.74, 6) is -0.186. The number of aliphatic hydroxyl groups excluding tert-OH is 1. The van der Waals surface area contributed by atoms with Crippen molar-refractivity contribution >= 4 is 11.5 Å². The number of benzene rings is 1. The van der Waals surface area contributed by atoms with Crippen LogP contribution < -0.4 is 5.32 Å². The van der Waals surface area contributed by atoms with Gasteiger partial charge in [0.25, 0.3) is 0 Å². The number of nitrogens with one attached hydrogen (secondary N) is 1. The van der Waals surface area contributed by atoms with Crippen molar-refractivity contribution in [1.82, 2.24) is 4.98 Å². The van der Waals surface area contributed by atoms with Crippen LogP contribution in [0.5, 0.6) is 0 Å². The predicted molar refractivity (Wildman–Crippen MR) is 70.6 cm³/mol. The van der Waals surface area contributed by atoms with Crippen molar-refractivity contribution in [3.63, 3.8) is 0 Å². The lowest BCUT2D eigenvalue weighted by Gasteiger charge is -2.07. The maximum absolute atomic E-state index is 10.8. The average Bonchev–Trinajstić information content (AvgIpc) is 2.46. The Hall–Kier alpha value is -2.47. The van der Waals surface area contributed by atoms with Gasteiger partial charge < -0.3 is 20.5 Å². The summed E-state index contributed by atoms with van der Waals surface area (Å²) in [5.41, 5.74) is 2.19. The lowest BCUT2D eigenvalue weighted by Crippen LogP contribution is -2.03. The molecule has 0 aliphatic carbocycles. The van der Waals surface area contributed by atoms with Crippen molar-refractivity contribution in [2.75, 3.05) is 5.32 Å². The molecule has 0 aliphatic heterocycles. The molecule has 2 aromatic rings. The number of nitrogens with zero attached hydrogens (tertiary/aromatic N) is 2. The predicted octanol–water partition coefficient (Wildman–Crippen LogP) is 2.09. The third-order valence-electron chi connectivity index (χ3n) is 2.65. The summed E-state index contributed by atoms with van der Waals surface area (Å²) in [5, 5.41) is 22.7. The molecule has 0 spiro atoms. The minimum absolute atomic E-state index is 0.00177. The molecule has 0 amide bonds. The standard InChI is InChI=1S/C13H13N3O3/c17-9-11-5-3-10(4-6-11)8-15-12-2-1-7-14-13(12)16(18)19/h1-7,15,17H,8-9H2. The molecule has 0 unspecified atom stereocenters. The smallest absolute Gasteiger partial charge is 0.386 e. The van der Waals surface area contributed by atoms with Crippen LogP contribution in [0.25, 0.3) is 0 Å². The first-order valence-corrected chi connectivity index (χ1v) is 5.72. The van der Waals surface area contributed by atoms with E-state index in [9.17, 15) is 10.1 Å². The van der Waals surface area contributed by atoms with Crippen molar-refractivity contribution in [2.45, 2.75) is 13.2 Å². The van der Waals surface area contributed by atoms with Gasteiger partial charge >= 0.3 is 5.82 Å². The molecular weight excluding hydrogens is 246 g/mol. The molecule has 0 saturated heterocycles. The molecule has 1 aromatic carbocycles. The van der Waals surface area contributed by atoms with Crippen LogP contribution in [0.1, 0.15) is 11.1 Å². The second-order valence-electron chi connectivity index (χ2n) is 3.96. The van der Waals surface area contributed by atoms with Gasteiger partial charge in [0, 0.05) is 6.54 Å². The van der Waals surface area contributed by atoms with Crippen LogP contribution in [-0.2, 0) is 13.2 Å². The Balaban J connectivity index is 2.07. The Morgan fingerprint density at radius 2 is 1.89 bits per heavy atom. The molecule has 0 radical (unpaired) electrons. The molecule has 1 aromatic heterocycles. The number of anilines is 1. The maximum atomic E-state index is 10.8. The number of hydrogen-bond acceptors (Lipinski definition) is 5. The summed E-state index contributed by atoms with van der Waals surface area (Å²) in [6.07, 6.45) is 1.39. The zero-order chi connectivity index (χ0) is 13.7. The summed E-state index contributed by atoms with van der Waals surface area (Å²) in [6, 6.07) is 10.6. The zero-order valence-corrected chi connectivity index (χ0v) is 10.1. The maximum Gasteiger partial charge on any atom is 0.386 e. The summed E-state index contributed by atoms with van der Waals surface area (Å²) < 4.78 is 0. The van der Waals surface area contributed by atoms with Gasteiger partial charge in [0.2, 0.25) is 0 Å². The van der Waals surface area contributed by atoms with E-state index in [1.807, 2.05) is 24.3 Å². The number of pyridine rings is 1. The van der Waals surface area contributed by atoms with E-state index in [0.29, 0.717) is 12.2 Å². The largest absolute Gasteiger partial charge is 0.392 e. The van der Waals surface area contributed by atoms with Gasteiger partial charge in [-0.25, -0.2) is 0 Å². The van der Waals surface area contributed by atoms with Crippen LogP contribution in [0.15, 0.2) is 42.6 Å². The number of rotatable bonds is 5. The first kappa shape index (κ1) is 13.0. The van der Waals surface area contributed by atoms with Gasteiger partial charge in [-0.2, -0.15) is 0 Å².